The second-order valence-electron chi connectivity index (χ2n) is 3.41. The highest BCUT2D eigenvalue weighted by molar-refractivity contribution is 5.57. The van der Waals surface area contributed by atoms with E-state index >= 15 is 0 Å². The smallest absolute Gasteiger partial charge is 0.225 e. The van der Waals surface area contributed by atoms with E-state index in [1.54, 1.807) is 25.1 Å². The molecular formula is C11H13NO4. The van der Waals surface area contributed by atoms with E-state index in [4.69, 9.17) is 4.74 Å². The molecular weight excluding hydrogens is 210 g/mol. The lowest BCUT2D eigenvalue weighted by Gasteiger charge is -2.04. The van der Waals surface area contributed by atoms with Gasteiger partial charge < -0.3 is 9.84 Å². The van der Waals surface area contributed by atoms with E-state index in [0.29, 0.717) is 11.3 Å². The summed E-state index contributed by atoms with van der Waals surface area (Å²) in [6.07, 6.45) is 1.69. The van der Waals surface area contributed by atoms with E-state index in [-0.39, 0.29) is 17.2 Å². The maximum absolute atomic E-state index is 10.3. The Labute approximate surface area is 93.1 Å². The van der Waals surface area contributed by atoms with Gasteiger partial charge in [-0.05, 0) is 36.3 Å². The molecule has 0 radical (unpaired) electrons. The molecule has 0 spiro atoms. The predicted octanol–water partition coefficient (Wildman–Crippen LogP) is 2.08. The molecule has 0 amide bonds. The summed E-state index contributed by atoms with van der Waals surface area (Å²) >= 11 is 0. The largest absolute Gasteiger partial charge is 0.504 e. The number of hydrogen-bond donors (Lipinski definition) is 1. The van der Waals surface area contributed by atoms with Gasteiger partial charge in [-0.3, -0.25) is 10.1 Å². The van der Waals surface area contributed by atoms with E-state index in [9.17, 15) is 15.2 Å². The standard InChI is InChI=1S/C11H13NO4/c1-8(7-12(14)15)5-9-3-4-10(13)11(6-9)16-2/h3-6,13H,7H2,1-2H3/b8-5+. The van der Waals surface area contributed by atoms with Crippen molar-refractivity contribution in [1.29, 1.82) is 0 Å². The molecule has 0 aliphatic carbocycles. The SMILES string of the molecule is COc1cc(/C=C(\C)C[N+](=O)[O-])ccc1O. The molecule has 1 aromatic rings. The van der Waals surface area contributed by atoms with Crippen molar-refractivity contribution in [3.63, 3.8) is 0 Å². The van der Waals surface area contributed by atoms with Crippen LogP contribution in [-0.2, 0) is 0 Å². The fraction of sp³-hybridized carbons (Fsp3) is 0.273. The van der Waals surface area contributed by atoms with Gasteiger partial charge in [0, 0.05) is 4.92 Å². The quantitative estimate of drug-likeness (QED) is 0.626. The van der Waals surface area contributed by atoms with Crippen LogP contribution in [0, 0.1) is 10.1 Å². The van der Waals surface area contributed by atoms with Crippen molar-refractivity contribution in [1.82, 2.24) is 0 Å². The molecule has 0 saturated heterocycles. The van der Waals surface area contributed by atoms with E-state index in [0.717, 1.165) is 5.56 Å². The first-order chi connectivity index (χ1) is 7.52. The van der Waals surface area contributed by atoms with E-state index in [1.807, 2.05) is 0 Å². The monoisotopic (exact) mass is 223 g/mol. The first kappa shape index (κ1) is 12.0. The molecule has 1 N–H and O–H groups in total. The second-order valence-corrected chi connectivity index (χ2v) is 3.41. The molecule has 0 saturated carbocycles. The molecule has 0 heterocycles. The molecule has 5 nitrogen and oxygen atoms in total. The summed E-state index contributed by atoms with van der Waals surface area (Å²) in [6.45, 7) is 1.49. The van der Waals surface area contributed by atoms with Crippen molar-refractivity contribution in [3.05, 3.63) is 39.4 Å². The molecule has 0 aromatic heterocycles. The molecule has 0 unspecified atom stereocenters. The van der Waals surface area contributed by atoms with Gasteiger partial charge in [-0.1, -0.05) is 6.07 Å². The predicted molar refractivity (Wildman–Crippen MR) is 60.2 cm³/mol. The average molecular weight is 223 g/mol. The van der Waals surface area contributed by atoms with Crippen LogP contribution in [0.1, 0.15) is 12.5 Å². The van der Waals surface area contributed by atoms with Crippen LogP contribution in [0.4, 0.5) is 0 Å². The minimum Gasteiger partial charge on any atom is -0.504 e. The van der Waals surface area contributed by atoms with Crippen LogP contribution in [0.2, 0.25) is 0 Å². The lowest BCUT2D eigenvalue weighted by atomic mass is 10.1. The minimum absolute atomic E-state index is 0.0478. The molecule has 1 aromatic carbocycles. The number of rotatable bonds is 4. The molecule has 0 aliphatic heterocycles. The van der Waals surface area contributed by atoms with Gasteiger partial charge in [0.1, 0.15) is 0 Å². The first-order valence-electron chi connectivity index (χ1n) is 4.69. The van der Waals surface area contributed by atoms with Crippen molar-refractivity contribution in [2.75, 3.05) is 13.7 Å². The lowest BCUT2D eigenvalue weighted by molar-refractivity contribution is -0.470. The molecule has 0 fully saturated rings. The number of hydrogen-bond acceptors (Lipinski definition) is 4. The zero-order valence-corrected chi connectivity index (χ0v) is 9.14. The molecule has 5 heteroatoms. The highest BCUT2D eigenvalue weighted by Crippen LogP contribution is 2.27. The number of nitrogens with zero attached hydrogens (tertiary/aromatic N) is 1. The van der Waals surface area contributed by atoms with Crippen LogP contribution in [0.5, 0.6) is 11.5 Å². The summed E-state index contributed by atoms with van der Waals surface area (Å²) in [5.74, 6) is 0.397. The van der Waals surface area contributed by atoms with Gasteiger partial charge in [0.2, 0.25) is 6.54 Å². The van der Waals surface area contributed by atoms with Gasteiger partial charge in [-0.2, -0.15) is 0 Å². The molecule has 0 aliphatic rings. The maximum Gasteiger partial charge on any atom is 0.225 e. The molecule has 0 bridgehead atoms. The van der Waals surface area contributed by atoms with Gasteiger partial charge >= 0.3 is 0 Å². The minimum atomic E-state index is -0.385. The number of ether oxygens (including phenoxy) is 1. The summed E-state index contributed by atoms with van der Waals surface area (Å²) < 4.78 is 4.94. The van der Waals surface area contributed by atoms with E-state index < -0.39 is 0 Å². The van der Waals surface area contributed by atoms with Crippen LogP contribution in [0.25, 0.3) is 6.08 Å². The highest BCUT2D eigenvalue weighted by Gasteiger charge is 2.03. The zero-order chi connectivity index (χ0) is 12.1. The van der Waals surface area contributed by atoms with E-state index in [1.165, 1.54) is 13.2 Å². The molecule has 86 valence electrons. The van der Waals surface area contributed by atoms with Crippen LogP contribution in [-0.4, -0.2) is 23.7 Å². The fourth-order valence-corrected chi connectivity index (χ4v) is 1.32. The summed E-state index contributed by atoms with van der Waals surface area (Å²) in [7, 11) is 1.45. The van der Waals surface area contributed by atoms with E-state index in [2.05, 4.69) is 0 Å². The van der Waals surface area contributed by atoms with Gasteiger partial charge in [-0.25, -0.2) is 0 Å². The molecule has 16 heavy (non-hydrogen) atoms. The lowest BCUT2D eigenvalue weighted by Crippen LogP contribution is -2.01. The van der Waals surface area contributed by atoms with Crippen LogP contribution >= 0.6 is 0 Å². The zero-order valence-electron chi connectivity index (χ0n) is 9.14. The number of aromatic hydroxyl groups is 1. The normalized spacial score (nSPS) is 11.2. The number of methoxy groups -OCH3 is 1. The summed E-state index contributed by atoms with van der Waals surface area (Å²) in [5.41, 5.74) is 1.40. The topological polar surface area (TPSA) is 72.6 Å². The second kappa shape index (κ2) is 5.16. The van der Waals surface area contributed by atoms with Crippen LogP contribution < -0.4 is 4.74 Å². The number of benzene rings is 1. The van der Waals surface area contributed by atoms with Gasteiger partial charge in [0.15, 0.2) is 11.5 Å². The summed E-state index contributed by atoms with van der Waals surface area (Å²) in [6, 6.07) is 4.78. The van der Waals surface area contributed by atoms with Crippen LogP contribution in [0.15, 0.2) is 23.8 Å². The third-order valence-electron chi connectivity index (χ3n) is 2.00. The van der Waals surface area contributed by atoms with Crippen molar-refractivity contribution in [2.24, 2.45) is 0 Å². The van der Waals surface area contributed by atoms with Gasteiger partial charge in [0.25, 0.3) is 0 Å². The summed E-state index contributed by atoms with van der Waals surface area (Å²) in [5, 5.41) is 19.6. The Kier molecular flexibility index (Phi) is 3.88. The maximum atomic E-state index is 10.3. The Balaban J connectivity index is 2.93. The number of phenolic OH excluding ortho intramolecular Hbond substituents is 1. The van der Waals surface area contributed by atoms with Crippen molar-refractivity contribution >= 4 is 6.08 Å². The Hall–Kier alpha value is -2.04. The van der Waals surface area contributed by atoms with Gasteiger partial charge in [-0.15, -0.1) is 0 Å². The Morgan fingerprint density at radius 3 is 2.88 bits per heavy atom. The van der Waals surface area contributed by atoms with Crippen molar-refractivity contribution in [3.8, 4) is 11.5 Å². The highest BCUT2D eigenvalue weighted by atomic mass is 16.6. The number of nitro groups is 1. The van der Waals surface area contributed by atoms with Crippen molar-refractivity contribution < 1.29 is 14.8 Å². The molecule has 1 rings (SSSR count). The van der Waals surface area contributed by atoms with Gasteiger partial charge in [0.05, 0.1) is 7.11 Å². The Morgan fingerprint density at radius 1 is 1.62 bits per heavy atom. The molecule has 0 atom stereocenters. The fourth-order valence-electron chi connectivity index (χ4n) is 1.32. The summed E-state index contributed by atoms with van der Waals surface area (Å²) in [4.78, 5) is 9.89. The Morgan fingerprint density at radius 2 is 2.31 bits per heavy atom. The number of phenols is 1. The first-order valence-corrected chi connectivity index (χ1v) is 4.69. The third-order valence-corrected chi connectivity index (χ3v) is 2.00. The third kappa shape index (κ3) is 3.27. The van der Waals surface area contributed by atoms with Crippen molar-refractivity contribution in [2.45, 2.75) is 6.92 Å². The van der Waals surface area contributed by atoms with Crippen LogP contribution in [0.3, 0.4) is 0 Å². The average Bonchev–Trinajstić information content (AvgIpc) is 2.19. The Bertz CT molecular complexity index is 426.